The average molecular weight is 199 g/mol. The molecule has 2 heterocycles. The molecule has 12 heavy (non-hydrogen) atoms. The summed E-state index contributed by atoms with van der Waals surface area (Å²) in [5, 5.41) is 3.08. The van der Waals surface area contributed by atoms with Gasteiger partial charge in [-0.15, -0.1) is 12.4 Å². The zero-order valence-corrected chi connectivity index (χ0v) is 7.54. The predicted molar refractivity (Wildman–Crippen MR) is 45.0 cm³/mol. The van der Waals surface area contributed by atoms with Crippen molar-refractivity contribution < 1.29 is 8.78 Å². The van der Waals surface area contributed by atoms with Crippen LogP contribution in [0.1, 0.15) is 6.42 Å². The smallest absolute Gasteiger partial charge is 0.261 e. The monoisotopic (exact) mass is 198 g/mol. The Hall–Kier alpha value is 0.0700. The molecule has 0 spiro atoms. The molecule has 2 nitrogen and oxygen atoms in total. The van der Waals surface area contributed by atoms with Gasteiger partial charge in [0.05, 0.1) is 6.54 Å². The number of hydrogen-bond donors (Lipinski definition) is 1. The van der Waals surface area contributed by atoms with Crippen molar-refractivity contribution in [1.29, 1.82) is 0 Å². The van der Waals surface area contributed by atoms with E-state index in [1.165, 1.54) is 0 Å². The molecule has 0 unspecified atom stereocenters. The van der Waals surface area contributed by atoms with E-state index in [0.29, 0.717) is 12.6 Å². The zero-order chi connectivity index (χ0) is 7.90. The van der Waals surface area contributed by atoms with Crippen molar-refractivity contribution in [2.45, 2.75) is 18.4 Å². The van der Waals surface area contributed by atoms with Crippen molar-refractivity contribution in [3.8, 4) is 0 Å². The minimum absolute atomic E-state index is 0. The molecule has 0 aromatic carbocycles. The van der Waals surface area contributed by atoms with Crippen molar-refractivity contribution in [1.82, 2.24) is 10.2 Å². The van der Waals surface area contributed by atoms with Gasteiger partial charge < -0.3 is 5.32 Å². The summed E-state index contributed by atoms with van der Waals surface area (Å²) in [7, 11) is 0. The molecule has 0 aromatic heterocycles. The van der Waals surface area contributed by atoms with E-state index in [0.717, 1.165) is 13.1 Å². The maximum Gasteiger partial charge on any atom is 0.261 e. The van der Waals surface area contributed by atoms with Crippen LogP contribution in [0.3, 0.4) is 0 Å². The minimum Gasteiger partial charge on any atom is -0.314 e. The van der Waals surface area contributed by atoms with Crippen molar-refractivity contribution in [3.63, 3.8) is 0 Å². The van der Waals surface area contributed by atoms with Crippen LogP contribution in [0.25, 0.3) is 0 Å². The van der Waals surface area contributed by atoms with E-state index in [1.807, 2.05) is 4.90 Å². The lowest BCUT2D eigenvalue weighted by atomic mass is 10.1. The highest BCUT2D eigenvalue weighted by Crippen LogP contribution is 2.28. The van der Waals surface area contributed by atoms with Gasteiger partial charge in [-0.3, -0.25) is 4.90 Å². The lowest BCUT2D eigenvalue weighted by Gasteiger charge is -2.35. The Labute approximate surface area is 76.7 Å². The van der Waals surface area contributed by atoms with E-state index in [-0.39, 0.29) is 25.4 Å². The molecule has 2 rings (SSSR count). The largest absolute Gasteiger partial charge is 0.314 e. The van der Waals surface area contributed by atoms with Gasteiger partial charge in [0.1, 0.15) is 0 Å². The molecule has 1 N–H and O–H groups in total. The van der Waals surface area contributed by atoms with Crippen LogP contribution in [0.4, 0.5) is 8.78 Å². The summed E-state index contributed by atoms with van der Waals surface area (Å²) < 4.78 is 25.3. The summed E-state index contributed by atoms with van der Waals surface area (Å²) >= 11 is 0. The minimum atomic E-state index is -2.42. The number of halogens is 3. The van der Waals surface area contributed by atoms with Crippen molar-refractivity contribution in [2.24, 2.45) is 0 Å². The highest BCUT2D eigenvalue weighted by molar-refractivity contribution is 5.85. The molecule has 2 fully saturated rings. The first-order valence-corrected chi connectivity index (χ1v) is 4.00. The average Bonchev–Trinajstić information content (AvgIpc) is 2.05. The summed E-state index contributed by atoms with van der Waals surface area (Å²) in [6.07, 6.45) is 0.0451. The maximum atomic E-state index is 12.7. The van der Waals surface area contributed by atoms with Crippen LogP contribution in [-0.4, -0.2) is 43.0 Å². The third kappa shape index (κ3) is 1.87. The molecule has 2 aliphatic rings. The van der Waals surface area contributed by atoms with Crippen molar-refractivity contribution >= 4 is 12.4 Å². The van der Waals surface area contributed by atoms with Gasteiger partial charge in [0.15, 0.2) is 0 Å². The third-order valence-electron chi connectivity index (χ3n) is 2.48. The molecule has 0 saturated carbocycles. The Kier molecular flexibility index (Phi) is 2.91. The molecular formula is C7H13ClF2N2. The van der Waals surface area contributed by atoms with Gasteiger partial charge in [0.2, 0.25) is 0 Å². The predicted octanol–water partition coefficient (Wildman–Crippen LogP) is 0.721. The maximum absolute atomic E-state index is 12.7. The third-order valence-corrected chi connectivity index (χ3v) is 2.48. The molecule has 0 atom stereocenters. The van der Waals surface area contributed by atoms with Gasteiger partial charge in [-0.25, -0.2) is 8.78 Å². The summed E-state index contributed by atoms with van der Waals surface area (Å²) in [4.78, 5) is 1.89. The molecule has 0 aromatic rings. The summed E-state index contributed by atoms with van der Waals surface area (Å²) in [5.74, 6) is -2.42. The van der Waals surface area contributed by atoms with E-state index >= 15 is 0 Å². The Morgan fingerprint density at radius 1 is 1.33 bits per heavy atom. The summed E-state index contributed by atoms with van der Waals surface area (Å²) in [6.45, 7) is 2.31. The van der Waals surface area contributed by atoms with E-state index in [4.69, 9.17) is 0 Å². The van der Waals surface area contributed by atoms with Gasteiger partial charge in [0, 0.05) is 32.1 Å². The fraction of sp³-hybridized carbons (Fsp3) is 1.00. The molecule has 5 heteroatoms. The Balaban J connectivity index is 0.000000720. The molecule has 0 amide bonds. The number of nitrogens with one attached hydrogen (secondary N) is 1. The molecule has 2 saturated heterocycles. The highest BCUT2D eigenvalue weighted by atomic mass is 35.5. The first-order valence-electron chi connectivity index (χ1n) is 4.00. The van der Waals surface area contributed by atoms with Crippen LogP contribution < -0.4 is 5.32 Å². The van der Waals surface area contributed by atoms with Crippen LogP contribution in [-0.2, 0) is 0 Å². The Bertz CT molecular complexity index is 161. The fourth-order valence-corrected chi connectivity index (χ4v) is 1.61. The van der Waals surface area contributed by atoms with Crippen molar-refractivity contribution in [3.05, 3.63) is 0 Å². The normalized spacial score (nSPS) is 29.5. The first-order chi connectivity index (χ1) is 5.17. The van der Waals surface area contributed by atoms with E-state index in [2.05, 4.69) is 5.32 Å². The van der Waals surface area contributed by atoms with Gasteiger partial charge in [-0.1, -0.05) is 0 Å². The second-order valence-electron chi connectivity index (χ2n) is 3.39. The zero-order valence-electron chi connectivity index (χ0n) is 6.72. The second-order valence-corrected chi connectivity index (χ2v) is 3.39. The molecule has 0 radical (unpaired) electrons. The second kappa shape index (κ2) is 3.44. The highest BCUT2D eigenvalue weighted by Gasteiger charge is 2.41. The van der Waals surface area contributed by atoms with Gasteiger partial charge in [-0.05, 0) is 0 Å². The molecule has 0 bridgehead atoms. The lowest BCUT2D eigenvalue weighted by molar-refractivity contribution is 0.00456. The Morgan fingerprint density at radius 2 is 2.00 bits per heavy atom. The van der Waals surface area contributed by atoms with Crippen LogP contribution in [0, 0.1) is 0 Å². The Morgan fingerprint density at radius 3 is 2.33 bits per heavy atom. The quantitative estimate of drug-likeness (QED) is 0.668. The topological polar surface area (TPSA) is 15.3 Å². The van der Waals surface area contributed by atoms with E-state index in [9.17, 15) is 8.78 Å². The van der Waals surface area contributed by atoms with Crippen molar-refractivity contribution in [2.75, 3.05) is 26.2 Å². The van der Waals surface area contributed by atoms with E-state index in [1.54, 1.807) is 0 Å². The van der Waals surface area contributed by atoms with Gasteiger partial charge >= 0.3 is 0 Å². The van der Waals surface area contributed by atoms with Gasteiger partial charge in [0.25, 0.3) is 5.92 Å². The summed E-state index contributed by atoms with van der Waals surface area (Å²) in [5.41, 5.74) is 0. The fourth-order valence-electron chi connectivity index (χ4n) is 1.61. The van der Waals surface area contributed by atoms with Gasteiger partial charge in [-0.2, -0.15) is 0 Å². The van der Waals surface area contributed by atoms with Crippen LogP contribution in [0.2, 0.25) is 0 Å². The number of likely N-dealkylation sites (tertiary alicyclic amines) is 1. The number of hydrogen-bond acceptors (Lipinski definition) is 2. The van der Waals surface area contributed by atoms with Crippen LogP contribution in [0.15, 0.2) is 0 Å². The number of alkyl halides is 2. The number of nitrogens with zero attached hydrogens (tertiary/aromatic N) is 1. The first kappa shape index (κ1) is 10.2. The number of rotatable bonds is 1. The standard InChI is InChI=1S/C7H12F2N2.ClH/c8-7(9)1-2-11(5-7)6-3-10-4-6;/h6,10H,1-5H2;1H. The van der Waals surface area contributed by atoms with Crippen LogP contribution in [0.5, 0.6) is 0 Å². The van der Waals surface area contributed by atoms with Crippen LogP contribution >= 0.6 is 12.4 Å². The lowest BCUT2D eigenvalue weighted by Crippen LogP contribution is -2.56. The van der Waals surface area contributed by atoms with E-state index < -0.39 is 5.92 Å². The molecule has 0 aliphatic carbocycles. The molecular weight excluding hydrogens is 186 g/mol. The molecule has 2 aliphatic heterocycles. The summed E-state index contributed by atoms with van der Waals surface area (Å²) in [6, 6.07) is 0.378. The SMILES string of the molecule is Cl.FC1(F)CCN(C2CNC2)C1. The molecule has 72 valence electrons.